The van der Waals surface area contributed by atoms with Crippen LogP contribution in [0.3, 0.4) is 0 Å². The van der Waals surface area contributed by atoms with Crippen LogP contribution in [0.2, 0.25) is 0 Å². The third kappa shape index (κ3) is 5.99. The zero-order valence-corrected chi connectivity index (χ0v) is 18.5. The monoisotopic (exact) mass is 441 g/mol. The van der Waals surface area contributed by atoms with Crippen molar-refractivity contribution in [3.05, 3.63) is 58.9 Å². The van der Waals surface area contributed by atoms with E-state index in [1.54, 1.807) is 6.07 Å². The fourth-order valence-corrected chi connectivity index (χ4v) is 4.43. The number of carbonyl (C=O) groups is 1. The van der Waals surface area contributed by atoms with Crippen molar-refractivity contribution < 1.29 is 19.0 Å². The van der Waals surface area contributed by atoms with E-state index >= 15 is 0 Å². The molecule has 1 fully saturated rings. The third-order valence-electron chi connectivity index (χ3n) is 6.31. The maximum atomic E-state index is 14.3. The zero-order chi connectivity index (χ0) is 22.3. The molecule has 1 saturated heterocycles. The van der Waals surface area contributed by atoms with Gasteiger partial charge in [-0.25, -0.2) is 4.39 Å². The lowest BCUT2D eigenvalue weighted by atomic mass is 9.99. The molecule has 2 aliphatic rings. The van der Waals surface area contributed by atoms with Gasteiger partial charge in [-0.1, -0.05) is 18.2 Å². The van der Waals surface area contributed by atoms with E-state index in [0.29, 0.717) is 17.8 Å². The zero-order valence-electron chi connectivity index (χ0n) is 18.5. The van der Waals surface area contributed by atoms with Crippen molar-refractivity contribution in [3.8, 4) is 0 Å². The van der Waals surface area contributed by atoms with Crippen LogP contribution in [0.25, 0.3) is 0 Å². The first kappa shape index (κ1) is 22.6. The average Bonchev–Trinajstić information content (AvgIpc) is 2.81. The number of benzene rings is 2. The molecule has 0 atom stereocenters. The minimum absolute atomic E-state index is 0.0686. The Morgan fingerprint density at radius 1 is 1.09 bits per heavy atom. The molecule has 2 aromatic rings. The molecule has 2 heterocycles. The Balaban J connectivity index is 1.36. The Labute approximate surface area is 189 Å². The van der Waals surface area contributed by atoms with Gasteiger partial charge in [-0.3, -0.25) is 9.69 Å². The maximum absolute atomic E-state index is 14.3. The number of aliphatic carboxylic acids is 1. The summed E-state index contributed by atoms with van der Waals surface area (Å²) in [6.45, 7) is 7.44. The number of anilines is 2. The number of hydrogen-bond acceptors (Lipinski definition) is 5. The predicted octanol–water partition coefficient (Wildman–Crippen LogP) is 3.54. The van der Waals surface area contributed by atoms with E-state index in [2.05, 4.69) is 33.3 Å². The van der Waals surface area contributed by atoms with Crippen molar-refractivity contribution in [1.29, 1.82) is 0 Å². The van der Waals surface area contributed by atoms with Crippen molar-refractivity contribution in [2.45, 2.75) is 32.2 Å². The van der Waals surface area contributed by atoms with Gasteiger partial charge in [0.2, 0.25) is 0 Å². The molecular formula is C25H32FN3O3. The number of hydrogen-bond donors (Lipinski definition) is 2. The Kier molecular flexibility index (Phi) is 7.60. The molecule has 0 amide bonds. The molecule has 32 heavy (non-hydrogen) atoms. The first-order chi connectivity index (χ1) is 15.6. The number of fused-ring (bicyclic) bond motifs is 1. The summed E-state index contributed by atoms with van der Waals surface area (Å²) in [6, 6.07) is 11.6. The molecule has 0 radical (unpaired) electrons. The second kappa shape index (κ2) is 10.8. The van der Waals surface area contributed by atoms with E-state index in [9.17, 15) is 9.18 Å². The quantitative estimate of drug-likeness (QED) is 0.621. The van der Waals surface area contributed by atoms with Gasteiger partial charge in [0.15, 0.2) is 0 Å². The fraction of sp³-hybridized carbons (Fsp3) is 0.480. The van der Waals surface area contributed by atoms with Crippen LogP contribution >= 0.6 is 0 Å². The highest BCUT2D eigenvalue weighted by molar-refractivity contribution is 5.67. The van der Waals surface area contributed by atoms with Crippen LogP contribution < -0.4 is 10.2 Å². The molecule has 0 spiro atoms. The van der Waals surface area contributed by atoms with E-state index < -0.39 is 5.97 Å². The van der Waals surface area contributed by atoms with Crippen LogP contribution in [-0.2, 0) is 28.9 Å². The Hall–Kier alpha value is -2.64. The smallest absolute Gasteiger partial charge is 0.303 e. The summed E-state index contributed by atoms with van der Waals surface area (Å²) in [5, 5.41) is 12.1. The van der Waals surface area contributed by atoms with Gasteiger partial charge in [-0.2, -0.15) is 0 Å². The van der Waals surface area contributed by atoms with Gasteiger partial charge < -0.3 is 20.1 Å². The van der Waals surface area contributed by atoms with Crippen molar-refractivity contribution in [1.82, 2.24) is 4.90 Å². The number of carboxylic acids is 1. The molecule has 4 rings (SSSR count). The Morgan fingerprint density at radius 3 is 2.72 bits per heavy atom. The fourth-order valence-electron chi connectivity index (χ4n) is 4.43. The third-order valence-corrected chi connectivity index (χ3v) is 6.31. The Bertz CT molecular complexity index is 931. The number of morpholine rings is 1. The minimum Gasteiger partial charge on any atom is -0.481 e. The molecule has 2 N–H and O–H groups in total. The van der Waals surface area contributed by atoms with Gasteiger partial charge in [0, 0.05) is 57.1 Å². The van der Waals surface area contributed by atoms with Gasteiger partial charge >= 0.3 is 5.97 Å². The van der Waals surface area contributed by atoms with Crippen molar-refractivity contribution in [2.75, 3.05) is 56.2 Å². The summed E-state index contributed by atoms with van der Waals surface area (Å²) in [5.74, 6) is -1.28. The molecule has 0 saturated carbocycles. The number of ether oxygens (including phenoxy) is 1. The van der Waals surface area contributed by atoms with Crippen LogP contribution in [0.5, 0.6) is 0 Å². The summed E-state index contributed by atoms with van der Waals surface area (Å²) in [6.07, 6.45) is 2.43. The molecule has 2 aromatic carbocycles. The summed E-state index contributed by atoms with van der Waals surface area (Å²) < 4.78 is 19.7. The first-order valence-corrected chi connectivity index (χ1v) is 11.5. The molecular weight excluding hydrogens is 409 g/mol. The van der Waals surface area contributed by atoms with Gasteiger partial charge in [-0.05, 0) is 54.2 Å². The minimum atomic E-state index is -0.919. The molecule has 0 unspecified atom stereocenters. The van der Waals surface area contributed by atoms with Gasteiger partial charge in [0.05, 0.1) is 13.2 Å². The van der Waals surface area contributed by atoms with Gasteiger partial charge in [0.1, 0.15) is 5.82 Å². The predicted molar refractivity (Wildman–Crippen MR) is 124 cm³/mol. The molecule has 0 bridgehead atoms. The summed E-state index contributed by atoms with van der Waals surface area (Å²) >= 11 is 0. The van der Waals surface area contributed by atoms with Crippen LogP contribution in [-0.4, -0.2) is 61.9 Å². The normalized spacial score (nSPS) is 16.6. The molecule has 0 aliphatic carbocycles. The number of nitrogens with one attached hydrogen (secondary N) is 1. The largest absolute Gasteiger partial charge is 0.481 e. The second-order valence-corrected chi connectivity index (χ2v) is 8.56. The van der Waals surface area contributed by atoms with E-state index in [4.69, 9.17) is 9.84 Å². The van der Waals surface area contributed by atoms with Crippen molar-refractivity contribution >= 4 is 17.3 Å². The average molecular weight is 442 g/mol. The molecule has 6 nitrogen and oxygen atoms in total. The Morgan fingerprint density at radius 2 is 1.94 bits per heavy atom. The van der Waals surface area contributed by atoms with E-state index in [0.717, 1.165) is 57.9 Å². The van der Waals surface area contributed by atoms with Crippen LogP contribution in [0.15, 0.2) is 36.4 Å². The standard InChI is InChI=1S/C25H32FN3O3/c26-23-17-22(7-5-20(23)6-8-25(30)31)27-18-19-3-4-21-2-1-9-29(24(21)16-19)11-10-28-12-14-32-15-13-28/h3-5,7,16-17,27H,1-2,6,8-15,18H2,(H,30,31). The molecule has 0 aromatic heterocycles. The number of halogens is 1. The van der Waals surface area contributed by atoms with Gasteiger partial charge in [0.25, 0.3) is 0 Å². The SMILES string of the molecule is O=C(O)CCc1ccc(NCc2ccc3c(c2)N(CCN2CCOCC2)CCC3)cc1F. The molecule has 172 valence electrons. The first-order valence-electron chi connectivity index (χ1n) is 11.5. The van der Waals surface area contributed by atoms with Crippen molar-refractivity contribution in [3.63, 3.8) is 0 Å². The summed E-state index contributed by atoms with van der Waals surface area (Å²) in [7, 11) is 0. The summed E-state index contributed by atoms with van der Waals surface area (Å²) in [5.41, 5.74) is 5.01. The van der Waals surface area contributed by atoms with E-state index in [1.165, 1.54) is 23.7 Å². The van der Waals surface area contributed by atoms with Crippen LogP contribution in [0.1, 0.15) is 29.5 Å². The van der Waals surface area contributed by atoms with Gasteiger partial charge in [-0.15, -0.1) is 0 Å². The number of nitrogens with zero attached hydrogens (tertiary/aromatic N) is 2. The highest BCUT2D eigenvalue weighted by Crippen LogP contribution is 2.28. The van der Waals surface area contributed by atoms with E-state index in [-0.39, 0.29) is 18.7 Å². The molecule has 7 heteroatoms. The number of rotatable bonds is 9. The van der Waals surface area contributed by atoms with Crippen LogP contribution in [0, 0.1) is 5.82 Å². The lowest BCUT2D eigenvalue weighted by Gasteiger charge is -2.35. The van der Waals surface area contributed by atoms with Crippen LogP contribution in [0.4, 0.5) is 15.8 Å². The summed E-state index contributed by atoms with van der Waals surface area (Å²) in [4.78, 5) is 15.7. The molecule has 2 aliphatic heterocycles. The van der Waals surface area contributed by atoms with E-state index in [1.807, 2.05) is 6.07 Å². The maximum Gasteiger partial charge on any atom is 0.303 e. The highest BCUT2D eigenvalue weighted by atomic mass is 19.1. The lowest BCUT2D eigenvalue weighted by molar-refractivity contribution is -0.136. The highest BCUT2D eigenvalue weighted by Gasteiger charge is 2.19. The number of carboxylic acid groups (broad SMARTS) is 1. The number of aryl methyl sites for hydroxylation is 2. The second-order valence-electron chi connectivity index (χ2n) is 8.56. The van der Waals surface area contributed by atoms with Crippen molar-refractivity contribution in [2.24, 2.45) is 0 Å². The topological polar surface area (TPSA) is 65.0 Å². The lowest BCUT2D eigenvalue weighted by Crippen LogP contribution is -2.42.